The fourth-order valence-corrected chi connectivity index (χ4v) is 3.86. The van der Waals surface area contributed by atoms with Crippen molar-refractivity contribution >= 4 is 16.5 Å². The van der Waals surface area contributed by atoms with Gasteiger partial charge in [-0.3, -0.25) is 0 Å². The van der Waals surface area contributed by atoms with E-state index in [4.69, 9.17) is 4.98 Å². The summed E-state index contributed by atoms with van der Waals surface area (Å²) in [7, 11) is 0. The lowest BCUT2D eigenvalue weighted by Crippen LogP contribution is -2.38. The van der Waals surface area contributed by atoms with Gasteiger partial charge < -0.3 is 10.2 Å². The van der Waals surface area contributed by atoms with Crippen LogP contribution in [0.1, 0.15) is 44.7 Å². The molecule has 2 atom stereocenters. The van der Waals surface area contributed by atoms with Crippen LogP contribution in [0.4, 0.5) is 5.13 Å². The van der Waals surface area contributed by atoms with Crippen molar-refractivity contribution in [1.82, 2.24) is 10.3 Å². The first-order chi connectivity index (χ1) is 8.95. The maximum Gasteiger partial charge on any atom is 0.185 e. The Kier molecular flexibility index (Phi) is 4.85. The molecular formula is C15H27N3S. The summed E-state index contributed by atoms with van der Waals surface area (Å²) in [5.74, 6) is 1.57. The average molecular weight is 281 g/mol. The van der Waals surface area contributed by atoms with Crippen molar-refractivity contribution in [3.05, 3.63) is 10.6 Å². The number of nitrogens with one attached hydrogen (secondary N) is 1. The number of piperidine rings is 1. The van der Waals surface area contributed by atoms with Gasteiger partial charge in [0.15, 0.2) is 5.13 Å². The number of hydrogen-bond donors (Lipinski definition) is 1. The lowest BCUT2D eigenvalue weighted by Gasteiger charge is -2.34. The normalized spacial score (nSPS) is 24.2. The molecule has 0 spiro atoms. The molecule has 0 bridgehead atoms. The Bertz CT molecular complexity index is 404. The van der Waals surface area contributed by atoms with Gasteiger partial charge in [0.2, 0.25) is 0 Å². The lowest BCUT2D eigenvalue weighted by atomic mass is 9.92. The van der Waals surface area contributed by atoms with Gasteiger partial charge in [0, 0.05) is 30.6 Å². The molecule has 0 radical (unpaired) electrons. The minimum Gasteiger partial charge on any atom is -0.348 e. The van der Waals surface area contributed by atoms with Gasteiger partial charge in [0.05, 0.1) is 5.69 Å². The van der Waals surface area contributed by atoms with Crippen LogP contribution in [0.2, 0.25) is 0 Å². The summed E-state index contributed by atoms with van der Waals surface area (Å²) in [5.41, 5.74) is 1.19. The van der Waals surface area contributed by atoms with Crippen LogP contribution in [-0.4, -0.2) is 24.1 Å². The molecule has 0 aromatic carbocycles. The molecule has 2 rings (SSSR count). The third kappa shape index (κ3) is 3.93. The zero-order valence-electron chi connectivity index (χ0n) is 12.9. The van der Waals surface area contributed by atoms with Crippen molar-refractivity contribution in [3.8, 4) is 0 Å². The second-order valence-corrected chi connectivity index (χ2v) is 7.45. The Morgan fingerprint density at radius 3 is 2.53 bits per heavy atom. The average Bonchev–Trinajstić information content (AvgIpc) is 2.67. The van der Waals surface area contributed by atoms with Crippen molar-refractivity contribution < 1.29 is 0 Å². The molecule has 1 aromatic heterocycles. The summed E-state index contributed by atoms with van der Waals surface area (Å²) in [6.07, 6.45) is 1.35. The maximum atomic E-state index is 4.79. The minimum atomic E-state index is 0.528. The highest BCUT2D eigenvalue weighted by molar-refractivity contribution is 7.15. The van der Waals surface area contributed by atoms with E-state index in [9.17, 15) is 0 Å². The highest BCUT2D eigenvalue weighted by Gasteiger charge is 2.24. The van der Waals surface area contributed by atoms with Crippen molar-refractivity contribution in [2.45, 2.75) is 53.6 Å². The van der Waals surface area contributed by atoms with Crippen LogP contribution in [0.5, 0.6) is 0 Å². The van der Waals surface area contributed by atoms with E-state index >= 15 is 0 Å². The van der Waals surface area contributed by atoms with Crippen LogP contribution in [0.25, 0.3) is 0 Å². The van der Waals surface area contributed by atoms with Crippen LogP contribution >= 0.6 is 11.3 Å². The van der Waals surface area contributed by atoms with Crippen molar-refractivity contribution in [2.24, 2.45) is 11.8 Å². The third-order valence-corrected chi connectivity index (χ3v) is 4.91. The van der Waals surface area contributed by atoms with Crippen molar-refractivity contribution in [1.29, 1.82) is 0 Å². The van der Waals surface area contributed by atoms with Crippen LogP contribution in [0.15, 0.2) is 0 Å². The predicted octanol–water partition coefficient (Wildman–Crippen LogP) is 3.43. The molecule has 2 heterocycles. The Morgan fingerprint density at radius 1 is 1.32 bits per heavy atom. The zero-order chi connectivity index (χ0) is 14.0. The third-order valence-electron chi connectivity index (χ3n) is 3.69. The van der Waals surface area contributed by atoms with Gasteiger partial charge in [-0.25, -0.2) is 4.98 Å². The summed E-state index contributed by atoms with van der Waals surface area (Å²) in [4.78, 5) is 8.65. The number of anilines is 1. The monoisotopic (exact) mass is 281 g/mol. The number of aromatic nitrogens is 1. The van der Waals surface area contributed by atoms with Gasteiger partial charge in [0.25, 0.3) is 0 Å². The molecule has 1 aliphatic rings. The number of thiazole rings is 1. The summed E-state index contributed by atoms with van der Waals surface area (Å²) in [5, 5.41) is 4.71. The fraction of sp³-hybridized carbons (Fsp3) is 0.800. The molecule has 0 saturated carbocycles. The molecule has 4 heteroatoms. The number of aryl methyl sites for hydroxylation is 1. The van der Waals surface area contributed by atoms with Gasteiger partial charge in [-0.15, -0.1) is 11.3 Å². The van der Waals surface area contributed by atoms with Gasteiger partial charge in [-0.05, 0) is 25.2 Å². The molecule has 3 nitrogen and oxygen atoms in total. The standard InChI is InChI=1S/C15H27N3S/c1-10(2)16-7-14-13(5)17-15(19-14)18-8-11(3)6-12(4)9-18/h10-12,16H,6-9H2,1-5H3. The molecule has 19 heavy (non-hydrogen) atoms. The Morgan fingerprint density at radius 2 is 1.95 bits per heavy atom. The molecule has 108 valence electrons. The van der Waals surface area contributed by atoms with Crippen molar-refractivity contribution in [2.75, 3.05) is 18.0 Å². The summed E-state index contributed by atoms with van der Waals surface area (Å²) < 4.78 is 0. The number of rotatable bonds is 4. The van der Waals surface area contributed by atoms with E-state index in [0.717, 1.165) is 31.5 Å². The lowest BCUT2D eigenvalue weighted by molar-refractivity contribution is 0.356. The second-order valence-electron chi connectivity index (χ2n) is 6.39. The zero-order valence-corrected chi connectivity index (χ0v) is 13.7. The summed E-state index contributed by atoms with van der Waals surface area (Å²) >= 11 is 1.86. The van der Waals surface area contributed by atoms with Crippen LogP contribution in [0.3, 0.4) is 0 Å². The maximum absolute atomic E-state index is 4.79. The van der Waals surface area contributed by atoms with Crippen LogP contribution in [-0.2, 0) is 6.54 Å². The Hall–Kier alpha value is -0.610. The minimum absolute atomic E-state index is 0.528. The van der Waals surface area contributed by atoms with Gasteiger partial charge >= 0.3 is 0 Å². The molecule has 1 aromatic rings. The van der Waals surface area contributed by atoms with Crippen molar-refractivity contribution in [3.63, 3.8) is 0 Å². The Balaban J connectivity index is 2.06. The largest absolute Gasteiger partial charge is 0.348 e. The predicted molar refractivity (Wildman–Crippen MR) is 84.0 cm³/mol. The number of nitrogens with zero attached hydrogens (tertiary/aromatic N) is 2. The topological polar surface area (TPSA) is 28.2 Å². The molecule has 1 aliphatic heterocycles. The van der Waals surface area contributed by atoms with Gasteiger partial charge in [0.1, 0.15) is 0 Å². The van der Waals surface area contributed by atoms with Gasteiger partial charge in [-0.1, -0.05) is 27.7 Å². The molecule has 2 unspecified atom stereocenters. The van der Waals surface area contributed by atoms with E-state index in [1.165, 1.54) is 22.1 Å². The highest BCUT2D eigenvalue weighted by Crippen LogP contribution is 2.31. The quantitative estimate of drug-likeness (QED) is 0.916. The molecule has 0 amide bonds. The molecule has 1 saturated heterocycles. The Labute approximate surface area is 121 Å². The first-order valence-electron chi connectivity index (χ1n) is 7.40. The molecule has 1 N–H and O–H groups in total. The second kappa shape index (κ2) is 6.23. The van der Waals surface area contributed by atoms with E-state index in [1.54, 1.807) is 0 Å². The number of hydrogen-bond acceptors (Lipinski definition) is 4. The van der Waals surface area contributed by atoms with Crippen LogP contribution in [0, 0.1) is 18.8 Å². The van der Waals surface area contributed by atoms with E-state index in [1.807, 2.05) is 11.3 Å². The van der Waals surface area contributed by atoms with E-state index in [-0.39, 0.29) is 0 Å². The van der Waals surface area contributed by atoms with E-state index < -0.39 is 0 Å². The highest BCUT2D eigenvalue weighted by atomic mass is 32.1. The SMILES string of the molecule is Cc1nc(N2CC(C)CC(C)C2)sc1CNC(C)C. The smallest absolute Gasteiger partial charge is 0.185 e. The summed E-state index contributed by atoms with van der Waals surface area (Å²) in [6.45, 7) is 14.5. The van der Waals surface area contributed by atoms with E-state index in [0.29, 0.717) is 6.04 Å². The molecular weight excluding hydrogens is 254 g/mol. The summed E-state index contributed by atoms with van der Waals surface area (Å²) in [6, 6.07) is 0.528. The fourth-order valence-electron chi connectivity index (χ4n) is 2.83. The first kappa shape index (κ1) is 14.8. The first-order valence-corrected chi connectivity index (χ1v) is 8.22. The molecule has 0 aliphatic carbocycles. The van der Waals surface area contributed by atoms with Crippen LogP contribution < -0.4 is 10.2 Å². The molecule has 1 fully saturated rings. The van der Waals surface area contributed by atoms with E-state index in [2.05, 4.69) is 44.8 Å². The van der Waals surface area contributed by atoms with Gasteiger partial charge in [-0.2, -0.15) is 0 Å².